The predicted octanol–water partition coefficient (Wildman–Crippen LogP) is 2.28. The molecule has 1 aromatic carbocycles. The van der Waals surface area contributed by atoms with Crippen molar-refractivity contribution in [3.8, 4) is 0 Å². The average Bonchev–Trinajstić information content (AvgIpc) is 2.44. The number of alkyl carbamates (subject to hydrolysis) is 1. The van der Waals surface area contributed by atoms with Crippen LogP contribution in [0.3, 0.4) is 0 Å². The highest BCUT2D eigenvalue weighted by Crippen LogP contribution is 2.18. The van der Waals surface area contributed by atoms with Gasteiger partial charge in [0.2, 0.25) is 0 Å². The molecule has 0 unspecified atom stereocenters. The van der Waals surface area contributed by atoms with Crippen LogP contribution in [-0.2, 0) is 22.1 Å². The van der Waals surface area contributed by atoms with E-state index in [0.29, 0.717) is 6.54 Å². The Balaban J connectivity index is 1.91. The lowest BCUT2D eigenvalue weighted by atomic mass is 10.2. The van der Waals surface area contributed by atoms with Gasteiger partial charge in [0.1, 0.15) is 5.60 Å². The summed E-state index contributed by atoms with van der Waals surface area (Å²) in [5, 5.41) is 2.76. The van der Waals surface area contributed by atoms with Crippen molar-refractivity contribution in [1.82, 2.24) is 5.32 Å². The molecule has 1 aliphatic heterocycles. The van der Waals surface area contributed by atoms with E-state index in [2.05, 4.69) is 16.3 Å². The number of carbonyl (C=O) groups excluding carboxylic acids is 1. The van der Waals surface area contributed by atoms with Gasteiger partial charge >= 0.3 is 6.09 Å². The molecular weight excluding hydrogens is 300 g/mol. The lowest BCUT2D eigenvalue weighted by molar-refractivity contribution is 0.0523. The topological polar surface area (TPSA) is 58.6 Å². The predicted molar refractivity (Wildman–Crippen MR) is 89.6 cm³/mol. The SMILES string of the molecule is CC(C)(C)OC(=O)NCc1cccc(N2CCS(=O)CC2)c1. The molecule has 0 aliphatic carbocycles. The summed E-state index contributed by atoms with van der Waals surface area (Å²) in [6, 6.07) is 8.06. The third kappa shape index (κ3) is 5.33. The maximum Gasteiger partial charge on any atom is 0.407 e. The summed E-state index contributed by atoms with van der Waals surface area (Å²) >= 11 is 0. The molecule has 2 rings (SSSR count). The minimum atomic E-state index is -0.675. The molecule has 0 radical (unpaired) electrons. The average molecular weight is 324 g/mol. The Morgan fingerprint density at radius 1 is 1.32 bits per heavy atom. The number of ether oxygens (including phenoxy) is 1. The first kappa shape index (κ1) is 16.8. The molecule has 0 spiro atoms. The van der Waals surface area contributed by atoms with Gasteiger partial charge in [0.05, 0.1) is 0 Å². The maximum absolute atomic E-state index is 11.7. The smallest absolute Gasteiger partial charge is 0.407 e. The summed E-state index contributed by atoms with van der Waals surface area (Å²) in [6.45, 7) is 7.59. The van der Waals surface area contributed by atoms with E-state index < -0.39 is 22.5 Å². The van der Waals surface area contributed by atoms with Gasteiger partial charge in [-0.2, -0.15) is 0 Å². The molecule has 1 N–H and O–H groups in total. The number of benzene rings is 1. The second-order valence-electron chi connectivity index (χ2n) is 6.36. The summed E-state index contributed by atoms with van der Waals surface area (Å²) in [5.41, 5.74) is 1.64. The highest BCUT2D eigenvalue weighted by atomic mass is 32.2. The van der Waals surface area contributed by atoms with E-state index in [-0.39, 0.29) is 0 Å². The van der Waals surface area contributed by atoms with Crippen LogP contribution < -0.4 is 10.2 Å². The molecule has 1 aromatic rings. The van der Waals surface area contributed by atoms with Crippen molar-refractivity contribution in [3.63, 3.8) is 0 Å². The lowest BCUT2D eigenvalue weighted by Crippen LogP contribution is -2.37. The van der Waals surface area contributed by atoms with Gasteiger partial charge in [-0.15, -0.1) is 0 Å². The van der Waals surface area contributed by atoms with Crippen LogP contribution in [0.4, 0.5) is 10.5 Å². The number of hydrogen-bond acceptors (Lipinski definition) is 4. The van der Waals surface area contributed by atoms with Gasteiger partial charge in [0.25, 0.3) is 0 Å². The lowest BCUT2D eigenvalue weighted by Gasteiger charge is -2.28. The van der Waals surface area contributed by atoms with Gasteiger partial charge in [-0.05, 0) is 38.5 Å². The molecule has 22 heavy (non-hydrogen) atoms. The minimum Gasteiger partial charge on any atom is -0.444 e. The quantitative estimate of drug-likeness (QED) is 0.927. The Kier molecular flexibility index (Phi) is 5.45. The van der Waals surface area contributed by atoms with Crippen LogP contribution >= 0.6 is 0 Å². The van der Waals surface area contributed by atoms with Gasteiger partial charge in [-0.1, -0.05) is 12.1 Å². The van der Waals surface area contributed by atoms with Crippen molar-refractivity contribution in [2.24, 2.45) is 0 Å². The second-order valence-corrected chi connectivity index (χ2v) is 8.06. The second kappa shape index (κ2) is 7.13. The van der Waals surface area contributed by atoms with E-state index >= 15 is 0 Å². The molecule has 6 heteroatoms. The number of rotatable bonds is 3. The van der Waals surface area contributed by atoms with E-state index in [1.165, 1.54) is 0 Å². The normalized spacial score (nSPS) is 16.4. The Labute approximate surface area is 134 Å². The molecule has 0 saturated carbocycles. The number of hydrogen-bond donors (Lipinski definition) is 1. The number of amides is 1. The summed E-state index contributed by atoms with van der Waals surface area (Å²) in [6.07, 6.45) is -0.411. The Morgan fingerprint density at radius 2 is 2.00 bits per heavy atom. The van der Waals surface area contributed by atoms with Crippen LogP contribution in [0.5, 0.6) is 0 Å². The fourth-order valence-electron chi connectivity index (χ4n) is 2.25. The van der Waals surface area contributed by atoms with Crippen LogP contribution in [0.25, 0.3) is 0 Å². The molecular formula is C16H24N2O3S. The van der Waals surface area contributed by atoms with Gasteiger partial charge in [-0.25, -0.2) is 4.79 Å². The molecule has 1 amide bonds. The molecule has 1 saturated heterocycles. The van der Waals surface area contributed by atoms with Crippen LogP contribution in [-0.4, -0.2) is 40.5 Å². The fraction of sp³-hybridized carbons (Fsp3) is 0.562. The molecule has 5 nitrogen and oxygen atoms in total. The molecule has 1 heterocycles. The minimum absolute atomic E-state index is 0.411. The van der Waals surface area contributed by atoms with Gasteiger partial charge in [0.15, 0.2) is 0 Å². The zero-order valence-electron chi connectivity index (χ0n) is 13.4. The van der Waals surface area contributed by atoms with Gasteiger partial charge < -0.3 is 15.0 Å². The highest BCUT2D eigenvalue weighted by molar-refractivity contribution is 7.85. The Morgan fingerprint density at radius 3 is 2.64 bits per heavy atom. The molecule has 0 bridgehead atoms. The first-order valence-corrected chi connectivity index (χ1v) is 8.98. The molecule has 1 aliphatic rings. The maximum atomic E-state index is 11.7. The largest absolute Gasteiger partial charge is 0.444 e. The monoisotopic (exact) mass is 324 g/mol. The van der Waals surface area contributed by atoms with E-state index in [9.17, 15) is 9.00 Å². The van der Waals surface area contributed by atoms with E-state index in [4.69, 9.17) is 4.74 Å². The van der Waals surface area contributed by atoms with Crippen molar-refractivity contribution in [2.75, 3.05) is 29.5 Å². The summed E-state index contributed by atoms with van der Waals surface area (Å²) < 4.78 is 16.6. The molecule has 122 valence electrons. The number of nitrogens with one attached hydrogen (secondary N) is 1. The van der Waals surface area contributed by atoms with Crippen LogP contribution in [0, 0.1) is 0 Å². The Bertz CT molecular complexity index is 545. The van der Waals surface area contributed by atoms with Gasteiger partial charge in [0, 0.05) is 47.6 Å². The molecule has 1 fully saturated rings. The first-order valence-electron chi connectivity index (χ1n) is 7.49. The van der Waals surface area contributed by atoms with E-state index in [1.807, 2.05) is 39.0 Å². The third-order valence-corrected chi connectivity index (χ3v) is 4.57. The van der Waals surface area contributed by atoms with E-state index in [1.54, 1.807) is 0 Å². The van der Waals surface area contributed by atoms with Crippen LogP contribution in [0.1, 0.15) is 26.3 Å². The molecule has 0 atom stereocenters. The fourth-order valence-corrected chi connectivity index (χ4v) is 3.30. The number of nitrogens with zero attached hydrogens (tertiary/aromatic N) is 1. The zero-order valence-corrected chi connectivity index (χ0v) is 14.2. The number of anilines is 1. The third-order valence-electron chi connectivity index (χ3n) is 3.29. The summed E-state index contributed by atoms with van der Waals surface area (Å²) in [7, 11) is -0.675. The van der Waals surface area contributed by atoms with Crippen molar-refractivity contribution in [1.29, 1.82) is 0 Å². The van der Waals surface area contributed by atoms with Crippen LogP contribution in [0.15, 0.2) is 24.3 Å². The molecule has 0 aromatic heterocycles. The zero-order chi connectivity index (χ0) is 16.2. The summed E-state index contributed by atoms with van der Waals surface area (Å²) in [5.74, 6) is 1.45. The number of carbonyl (C=O) groups is 1. The first-order chi connectivity index (χ1) is 10.3. The van der Waals surface area contributed by atoms with Crippen molar-refractivity contribution in [3.05, 3.63) is 29.8 Å². The highest BCUT2D eigenvalue weighted by Gasteiger charge is 2.17. The van der Waals surface area contributed by atoms with Crippen molar-refractivity contribution < 1.29 is 13.7 Å². The van der Waals surface area contributed by atoms with Gasteiger partial charge in [-0.3, -0.25) is 4.21 Å². The van der Waals surface area contributed by atoms with E-state index in [0.717, 1.165) is 35.8 Å². The van der Waals surface area contributed by atoms with Crippen molar-refractivity contribution >= 4 is 22.6 Å². The standard InChI is InChI=1S/C16H24N2O3S/c1-16(2,3)21-15(19)17-12-13-5-4-6-14(11-13)18-7-9-22(20)10-8-18/h4-6,11H,7-10,12H2,1-3H3,(H,17,19). The summed E-state index contributed by atoms with van der Waals surface area (Å²) in [4.78, 5) is 13.9. The Hall–Kier alpha value is -1.56. The van der Waals surface area contributed by atoms with Crippen molar-refractivity contribution in [2.45, 2.75) is 32.9 Å². The van der Waals surface area contributed by atoms with Crippen LogP contribution in [0.2, 0.25) is 0 Å².